The first-order valence-electron chi connectivity index (χ1n) is 8.43. The van der Waals surface area contributed by atoms with E-state index in [0.717, 1.165) is 44.9 Å². The molecule has 1 saturated heterocycles. The van der Waals surface area contributed by atoms with Gasteiger partial charge in [0.15, 0.2) is 5.92 Å². The molecule has 0 aromatic rings. The summed E-state index contributed by atoms with van der Waals surface area (Å²) in [6, 6.07) is 2.19. The van der Waals surface area contributed by atoms with E-state index in [4.69, 9.17) is 4.99 Å². The molecule has 124 valence electrons. The van der Waals surface area contributed by atoms with Crippen LogP contribution in [-0.2, 0) is 9.59 Å². The molecular weight excluding hydrogens is 294 g/mol. The van der Waals surface area contributed by atoms with Crippen LogP contribution in [0.1, 0.15) is 38.5 Å². The molecule has 3 rings (SSSR count). The minimum Gasteiger partial charge on any atom is -0.342 e. The van der Waals surface area contributed by atoms with Crippen LogP contribution < -0.4 is 5.32 Å². The summed E-state index contributed by atoms with van der Waals surface area (Å²) in [5, 5.41) is 12.3. The lowest BCUT2D eigenvalue weighted by atomic mass is 9.77. The maximum Gasteiger partial charge on any atom is 0.246 e. The highest BCUT2D eigenvalue weighted by atomic mass is 16.2. The Labute approximate surface area is 136 Å². The minimum absolute atomic E-state index is 0.225. The molecular formula is C16H23N5O2. The Hall–Kier alpha value is -2.10. The first-order valence-corrected chi connectivity index (χ1v) is 8.43. The quantitative estimate of drug-likeness (QED) is 0.712. The van der Waals surface area contributed by atoms with Crippen molar-refractivity contribution in [1.82, 2.24) is 15.1 Å². The molecule has 23 heavy (non-hydrogen) atoms. The zero-order chi connectivity index (χ0) is 16.3. The Morgan fingerprint density at radius 2 is 1.83 bits per heavy atom. The third-order valence-electron chi connectivity index (χ3n) is 5.22. The second kappa shape index (κ2) is 6.57. The van der Waals surface area contributed by atoms with E-state index in [9.17, 15) is 14.9 Å². The number of nitriles is 1. The van der Waals surface area contributed by atoms with Crippen molar-refractivity contribution in [3.05, 3.63) is 0 Å². The fraction of sp³-hybridized carbons (Fsp3) is 0.750. The monoisotopic (exact) mass is 317 g/mol. The van der Waals surface area contributed by atoms with Gasteiger partial charge in [-0.05, 0) is 12.8 Å². The molecule has 3 aliphatic rings. The number of hydrogen-bond acceptors (Lipinski definition) is 5. The molecule has 1 spiro atoms. The molecule has 7 nitrogen and oxygen atoms in total. The Morgan fingerprint density at radius 1 is 1.17 bits per heavy atom. The van der Waals surface area contributed by atoms with Crippen LogP contribution in [0.3, 0.4) is 0 Å². The number of aliphatic imine (C=N–C) groups is 1. The van der Waals surface area contributed by atoms with E-state index in [1.807, 2.05) is 4.90 Å². The molecule has 0 bridgehead atoms. The molecule has 0 aromatic carbocycles. The van der Waals surface area contributed by atoms with E-state index in [-0.39, 0.29) is 5.91 Å². The van der Waals surface area contributed by atoms with E-state index >= 15 is 0 Å². The molecule has 2 aliphatic heterocycles. The Balaban J connectivity index is 1.85. The molecule has 1 aliphatic carbocycles. The predicted molar refractivity (Wildman–Crippen MR) is 84.3 cm³/mol. The number of piperazine rings is 1. The van der Waals surface area contributed by atoms with Gasteiger partial charge in [-0.2, -0.15) is 5.26 Å². The van der Waals surface area contributed by atoms with Crippen LogP contribution in [-0.4, -0.2) is 59.8 Å². The standard InChI is InChI=1S/C16H23N5O2/c17-11-13-14(23)18-15(21-9-7-20(12-22)8-10-21)19-16(13)5-3-1-2-4-6-16/h12-13H,1-10H2,(H,18,19,23)/t13-/m1/s1. The smallest absolute Gasteiger partial charge is 0.246 e. The molecule has 7 heteroatoms. The molecule has 2 fully saturated rings. The molecule has 0 aromatic heterocycles. The van der Waals surface area contributed by atoms with Gasteiger partial charge in [-0.3, -0.25) is 14.9 Å². The fourth-order valence-electron chi connectivity index (χ4n) is 3.84. The van der Waals surface area contributed by atoms with Crippen molar-refractivity contribution in [2.24, 2.45) is 10.9 Å². The Bertz CT molecular complexity index is 537. The van der Waals surface area contributed by atoms with E-state index in [1.54, 1.807) is 4.90 Å². The SMILES string of the molecule is N#C[C@@H]1C(=O)NC(N2CCN(C=O)CC2)=NC12CCCCCC2. The second-order valence-electron chi connectivity index (χ2n) is 6.63. The van der Waals surface area contributed by atoms with Gasteiger partial charge in [-0.15, -0.1) is 0 Å². The average Bonchev–Trinajstić information content (AvgIpc) is 2.81. The zero-order valence-electron chi connectivity index (χ0n) is 13.3. The first kappa shape index (κ1) is 15.8. The molecule has 0 unspecified atom stereocenters. The number of carbonyl (C=O) groups is 2. The van der Waals surface area contributed by atoms with Crippen molar-refractivity contribution in [2.75, 3.05) is 26.2 Å². The summed E-state index contributed by atoms with van der Waals surface area (Å²) in [6.45, 7) is 2.58. The van der Waals surface area contributed by atoms with Gasteiger partial charge in [-0.25, -0.2) is 4.99 Å². The lowest BCUT2D eigenvalue weighted by Gasteiger charge is -2.41. The highest BCUT2D eigenvalue weighted by Gasteiger charge is 2.47. The topological polar surface area (TPSA) is 88.8 Å². The van der Waals surface area contributed by atoms with Gasteiger partial charge in [0.1, 0.15) is 0 Å². The summed E-state index contributed by atoms with van der Waals surface area (Å²) in [5.41, 5.74) is -0.565. The van der Waals surface area contributed by atoms with Crippen LogP contribution in [0.15, 0.2) is 4.99 Å². The fourth-order valence-corrected chi connectivity index (χ4v) is 3.84. The summed E-state index contributed by atoms with van der Waals surface area (Å²) in [5.74, 6) is -0.327. The molecule has 2 amide bonds. The molecule has 1 atom stereocenters. The summed E-state index contributed by atoms with van der Waals surface area (Å²) < 4.78 is 0. The Morgan fingerprint density at radius 3 is 2.39 bits per heavy atom. The highest BCUT2D eigenvalue weighted by Crippen LogP contribution is 2.38. The van der Waals surface area contributed by atoms with Crippen LogP contribution in [0.25, 0.3) is 0 Å². The van der Waals surface area contributed by atoms with Crippen molar-refractivity contribution in [3.8, 4) is 6.07 Å². The maximum atomic E-state index is 12.5. The van der Waals surface area contributed by atoms with Crippen molar-refractivity contribution >= 4 is 18.3 Å². The number of hydrogen-bond donors (Lipinski definition) is 1. The number of amides is 2. The zero-order valence-corrected chi connectivity index (χ0v) is 13.3. The van der Waals surface area contributed by atoms with Crippen molar-refractivity contribution in [1.29, 1.82) is 5.26 Å². The van der Waals surface area contributed by atoms with Crippen LogP contribution in [0.2, 0.25) is 0 Å². The highest BCUT2D eigenvalue weighted by molar-refractivity contribution is 6.02. The molecule has 1 saturated carbocycles. The minimum atomic E-state index is -0.694. The van der Waals surface area contributed by atoms with Crippen LogP contribution >= 0.6 is 0 Å². The first-order chi connectivity index (χ1) is 11.2. The van der Waals surface area contributed by atoms with E-state index < -0.39 is 11.5 Å². The molecule has 2 heterocycles. The molecule has 1 N–H and O–H groups in total. The third kappa shape index (κ3) is 3.03. The summed E-state index contributed by atoms with van der Waals surface area (Å²) in [6.07, 6.45) is 6.78. The average molecular weight is 317 g/mol. The molecule has 0 radical (unpaired) electrons. The number of carbonyl (C=O) groups excluding carboxylic acids is 2. The lowest BCUT2D eigenvalue weighted by molar-refractivity contribution is -0.125. The van der Waals surface area contributed by atoms with Crippen LogP contribution in [0, 0.1) is 17.2 Å². The van der Waals surface area contributed by atoms with Crippen molar-refractivity contribution < 1.29 is 9.59 Å². The van der Waals surface area contributed by atoms with Crippen LogP contribution in [0.5, 0.6) is 0 Å². The van der Waals surface area contributed by atoms with E-state index in [0.29, 0.717) is 32.1 Å². The van der Waals surface area contributed by atoms with Crippen LogP contribution in [0.4, 0.5) is 0 Å². The van der Waals surface area contributed by atoms with Gasteiger partial charge in [0.25, 0.3) is 0 Å². The van der Waals surface area contributed by atoms with E-state index in [1.165, 1.54) is 0 Å². The largest absolute Gasteiger partial charge is 0.342 e. The number of rotatable bonds is 1. The summed E-state index contributed by atoms with van der Waals surface area (Å²) >= 11 is 0. The lowest BCUT2D eigenvalue weighted by Crippen LogP contribution is -2.60. The number of nitrogens with zero attached hydrogens (tertiary/aromatic N) is 4. The normalized spacial score (nSPS) is 27.7. The van der Waals surface area contributed by atoms with Gasteiger partial charge in [-0.1, -0.05) is 25.7 Å². The van der Waals surface area contributed by atoms with Crippen molar-refractivity contribution in [3.63, 3.8) is 0 Å². The van der Waals surface area contributed by atoms with Gasteiger partial charge < -0.3 is 9.80 Å². The van der Waals surface area contributed by atoms with Gasteiger partial charge in [0, 0.05) is 26.2 Å². The third-order valence-corrected chi connectivity index (χ3v) is 5.22. The predicted octanol–water partition coefficient (Wildman–Crippen LogP) is 0.479. The van der Waals surface area contributed by atoms with E-state index in [2.05, 4.69) is 11.4 Å². The van der Waals surface area contributed by atoms with Crippen molar-refractivity contribution in [2.45, 2.75) is 44.1 Å². The second-order valence-corrected chi connectivity index (χ2v) is 6.63. The Kier molecular flexibility index (Phi) is 4.51. The van der Waals surface area contributed by atoms with Gasteiger partial charge in [0.05, 0.1) is 11.6 Å². The number of guanidine groups is 1. The summed E-state index contributed by atoms with van der Waals surface area (Å²) in [7, 11) is 0. The maximum absolute atomic E-state index is 12.5. The van der Waals surface area contributed by atoms with Gasteiger partial charge >= 0.3 is 0 Å². The summed E-state index contributed by atoms with van der Waals surface area (Å²) in [4.78, 5) is 31.9. The van der Waals surface area contributed by atoms with Gasteiger partial charge in [0.2, 0.25) is 18.3 Å². The number of nitrogens with one attached hydrogen (secondary N) is 1.